The normalized spacial score (nSPS) is 19.3. The SMILES string of the molecule is CC(C)Nc1cccc(CNC(=O)N2CCC(C(C)O)C2)c1. The molecule has 1 aromatic rings. The Labute approximate surface area is 132 Å². The van der Waals surface area contributed by atoms with Crippen molar-refractivity contribution in [2.24, 2.45) is 5.92 Å². The van der Waals surface area contributed by atoms with Crippen molar-refractivity contribution >= 4 is 11.7 Å². The summed E-state index contributed by atoms with van der Waals surface area (Å²) in [5.74, 6) is 0.198. The van der Waals surface area contributed by atoms with Crippen LogP contribution in [0.1, 0.15) is 32.8 Å². The molecular weight excluding hydrogens is 278 g/mol. The topological polar surface area (TPSA) is 64.6 Å². The summed E-state index contributed by atoms with van der Waals surface area (Å²) in [6.07, 6.45) is 0.524. The first-order chi connectivity index (χ1) is 10.5. The minimum absolute atomic E-state index is 0.0506. The molecule has 0 bridgehead atoms. The number of benzene rings is 1. The number of hydrogen-bond acceptors (Lipinski definition) is 3. The molecule has 5 heteroatoms. The van der Waals surface area contributed by atoms with Crippen molar-refractivity contribution in [2.45, 2.75) is 45.9 Å². The van der Waals surface area contributed by atoms with E-state index in [1.807, 2.05) is 18.2 Å². The number of aliphatic hydroxyl groups excluding tert-OH is 1. The van der Waals surface area contributed by atoms with Gasteiger partial charge in [-0.3, -0.25) is 0 Å². The van der Waals surface area contributed by atoms with Gasteiger partial charge in [0.25, 0.3) is 0 Å². The molecule has 5 nitrogen and oxygen atoms in total. The maximum atomic E-state index is 12.2. The number of carbonyl (C=O) groups is 1. The molecule has 0 saturated carbocycles. The van der Waals surface area contributed by atoms with Crippen LogP contribution in [0.15, 0.2) is 24.3 Å². The zero-order valence-electron chi connectivity index (χ0n) is 13.7. The van der Waals surface area contributed by atoms with Gasteiger partial charge in [-0.25, -0.2) is 4.79 Å². The van der Waals surface area contributed by atoms with Crippen molar-refractivity contribution in [3.63, 3.8) is 0 Å². The Kier molecular flexibility index (Phi) is 5.66. The number of aliphatic hydroxyl groups is 1. The van der Waals surface area contributed by atoms with E-state index in [4.69, 9.17) is 0 Å². The second-order valence-corrected chi connectivity index (χ2v) is 6.39. The molecular formula is C17H27N3O2. The second-order valence-electron chi connectivity index (χ2n) is 6.39. The van der Waals surface area contributed by atoms with Crippen molar-refractivity contribution in [1.29, 1.82) is 0 Å². The molecule has 2 atom stereocenters. The molecule has 122 valence electrons. The Bertz CT molecular complexity index is 502. The largest absolute Gasteiger partial charge is 0.393 e. The minimum atomic E-state index is -0.350. The van der Waals surface area contributed by atoms with E-state index in [-0.39, 0.29) is 18.1 Å². The average Bonchev–Trinajstić information content (AvgIpc) is 2.94. The third-order valence-corrected chi connectivity index (χ3v) is 4.02. The van der Waals surface area contributed by atoms with Crippen LogP contribution in [0.2, 0.25) is 0 Å². The van der Waals surface area contributed by atoms with Crippen LogP contribution in [0.4, 0.5) is 10.5 Å². The van der Waals surface area contributed by atoms with Crippen LogP contribution in [0.5, 0.6) is 0 Å². The van der Waals surface area contributed by atoms with Crippen LogP contribution < -0.4 is 10.6 Å². The van der Waals surface area contributed by atoms with E-state index in [0.717, 1.165) is 24.2 Å². The zero-order valence-corrected chi connectivity index (χ0v) is 13.7. The van der Waals surface area contributed by atoms with E-state index in [0.29, 0.717) is 19.1 Å². The van der Waals surface area contributed by atoms with Gasteiger partial charge in [-0.15, -0.1) is 0 Å². The molecule has 0 aromatic heterocycles. The summed E-state index contributed by atoms with van der Waals surface area (Å²) in [5, 5.41) is 15.9. The Morgan fingerprint density at radius 3 is 2.82 bits per heavy atom. The highest BCUT2D eigenvalue weighted by molar-refractivity contribution is 5.74. The Morgan fingerprint density at radius 2 is 2.18 bits per heavy atom. The average molecular weight is 305 g/mol. The van der Waals surface area contributed by atoms with Crippen LogP contribution >= 0.6 is 0 Å². The number of rotatable bonds is 5. The number of carbonyl (C=O) groups excluding carboxylic acids is 1. The monoisotopic (exact) mass is 305 g/mol. The molecule has 1 fully saturated rings. The molecule has 1 aliphatic rings. The Balaban J connectivity index is 1.84. The van der Waals surface area contributed by atoms with Crippen molar-refractivity contribution in [2.75, 3.05) is 18.4 Å². The van der Waals surface area contributed by atoms with Crippen molar-refractivity contribution < 1.29 is 9.90 Å². The van der Waals surface area contributed by atoms with Crippen molar-refractivity contribution in [1.82, 2.24) is 10.2 Å². The summed E-state index contributed by atoms with van der Waals surface area (Å²) in [5.41, 5.74) is 2.14. The molecule has 2 rings (SSSR count). The van der Waals surface area contributed by atoms with Crippen LogP contribution in [-0.2, 0) is 6.54 Å². The van der Waals surface area contributed by atoms with Crippen LogP contribution in [0.3, 0.4) is 0 Å². The number of urea groups is 1. The third kappa shape index (κ3) is 4.63. The van der Waals surface area contributed by atoms with E-state index in [2.05, 4.69) is 30.5 Å². The van der Waals surface area contributed by atoms with Crippen LogP contribution in [0, 0.1) is 5.92 Å². The van der Waals surface area contributed by atoms with Gasteiger partial charge >= 0.3 is 6.03 Å². The van der Waals surface area contributed by atoms with E-state index < -0.39 is 0 Å². The molecule has 0 radical (unpaired) electrons. The highest BCUT2D eigenvalue weighted by Gasteiger charge is 2.28. The fraction of sp³-hybridized carbons (Fsp3) is 0.588. The fourth-order valence-corrected chi connectivity index (χ4v) is 2.76. The third-order valence-electron chi connectivity index (χ3n) is 4.02. The quantitative estimate of drug-likeness (QED) is 0.783. The molecule has 0 aliphatic carbocycles. The summed E-state index contributed by atoms with van der Waals surface area (Å²) in [7, 11) is 0. The van der Waals surface area contributed by atoms with E-state index in [1.54, 1.807) is 11.8 Å². The molecule has 22 heavy (non-hydrogen) atoms. The van der Waals surface area contributed by atoms with Gasteiger partial charge in [0.1, 0.15) is 0 Å². The number of nitrogens with zero attached hydrogens (tertiary/aromatic N) is 1. The van der Waals surface area contributed by atoms with Crippen LogP contribution in [0.25, 0.3) is 0 Å². The lowest BCUT2D eigenvalue weighted by molar-refractivity contribution is 0.129. The second kappa shape index (κ2) is 7.49. The molecule has 3 N–H and O–H groups in total. The van der Waals surface area contributed by atoms with Gasteiger partial charge in [0.05, 0.1) is 6.10 Å². The lowest BCUT2D eigenvalue weighted by atomic mass is 10.0. The molecule has 1 aromatic carbocycles. The van der Waals surface area contributed by atoms with E-state index in [1.165, 1.54) is 0 Å². The minimum Gasteiger partial charge on any atom is -0.393 e. The summed E-state index contributed by atoms with van der Waals surface area (Å²) >= 11 is 0. The predicted octanol–water partition coefficient (Wildman–Crippen LogP) is 2.42. The number of likely N-dealkylation sites (tertiary alicyclic amines) is 1. The summed E-state index contributed by atoms with van der Waals surface area (Å²) < 4.78 is 0. The van der Waals surface area contributed by atoms with Crippen LogP contribution in [-0.4, -0.2) is 41.3 Å². The fourth-order valence-electron chi connectivity index (χ4n) is 2.76. The van der Waals surface area contributed by atoms with Gasteiger partial charge < -0.3 is 20.6 Å². The van der Waals surface area contributed by atoms with E-state index in [9.17, 15) is 9.90 Å². The van der Waals surface area contributed by atoms with E-state index >= 15 is 0 Å². The Morgan fingerprint density at radius 1 is 1.41 bits per heavy atom. The number of nitrogens with one attached hydrogen (secondary N) is 2. The maximum absolute atomic E-state index is 12.2. The lowest BCUT2D eigenvalue weighted by Gasteiger charge is -2.18. The molecule has 1 heterocycles. The summed E-state index contributed by atoms with van der Waals surface area (Å²) in [6, 6.07) is 8.42. The highest BCUT2D eigenvalue weighted by Crippen LogP contribution is 2.19. The van der Waals surface area contributed by atoms with Crippen molar-refractivity contribution in [3.05, 3.63) is 29.8 Å². The first-order valence-electron chi connectivity index (χ1n) is 8.02. The van der Waals surface area contributed by atoms with Gasteiger partial charge in [0.15, 0.2) is 0 Å². The molecule has 2 amide bonds. The molecule has 1 saturated heterocycles. The molecule has 0 spiro atoms. The maximum Gasteiger partial charge on any atom is 0.317 e. The van der Waals surface area contributed by atoms with Gasteiger partial charge in [0, 0.05) is 37.3 Å². The molecule has 2 unspecified atom stereocenters. The lowest BCUT2D eigenvalue weighted by Crippen LogP contribution is -2.38. The standard InChI is InChI=1S/C17H27N3O2/c1-12(2)19-16-6-4-5-14(9-16)10-18-17(22)20-8-7-15(11-20)13(3)21/h4-6,9,12-13,15,19,21H,7-8,10-11H2,1-3H3,(H,18,22). The smallest absolute Gasteiger partial charge is 0.317 e. The highest BCUT2D eigenvalue weighted by atomic mass is 16.3. The van der Waals surface area contributed by atoms with Crippen molar-refractivity contribution in [3.8, 4) is 0 Å². The first-order valence-corrected chi connectivity index (χ1v) is 8.02. The predicted molar refractivity (Wildman–Crippen MR) is 88.8 cm³/mol. The van der Waals surface area contributed by atoms with Gasteiger partial charge in [0.2, 0.25) is 0 Å². The number of hydrogen-bond donors (Lipinski definition) is 3. The number of amides is 2. The van der Waals surface area contributed by atoms with Gasteiger partial charge in [-0.1, -0.05) is 12.1 Å². The van der Waals surface area contributed by atoms with Gasteiger partial charge in [-0.2, -0.15) is 0 Å². The summed E-state index contributed by atoms with van der Waals surface area (Å²) in [4.78, 5) is 14.0. The molecule has 1 aliphatic heterocycles. The first kappa shape index (κ1) is 16.6. The zero-order chi connectivity index (χ0) is 16.1. The number of anilines is 1. The summed E-state index contributed by atoms with van der Waals surface area (Å²) in [6.45, 7) is 7.86. The Hall–Kier alpha value is -1.75. The van der Waals surface area contributed by atoms with Gasteiger partial charge in [-0.05, 0) is 44.9 Å².